The van der Waals surface area contributed by atoms with Crippen molar-refractivity contribution < 1.29 is 0 Å². The zero-order valence-electron chi connectivity index (χ0n) is 8.54. The maximum atomic E-state index is 2.16. The molecule has 68 valence electrons. The summed E-state index contributed by atoms with van der Waals surface area (Å²) in [6, 6.07) is 14.5. The molecule has 0 heteroatoms. The van der Waals surface area contributed by atoms with Crippen LogP contribution in [-0.2, 0) is 0 Å². The number of rotatable bonds is 0. The van der Waals surface area contributed by atoms with Gasteiger partial charge >= 0.3 is 0 Å². The number of aryl methyl sites for hydroxylation is 2. The van der Waals surface area contributed by atoms with Crippen LogP contribution in [0.15, 0.2) is 42.5 Å². The van der Waals surface area contributed by atoms with Gasteiger partial charge in [0.1, 0.15) is 0 Å². The van der Waals surface area contributed by atoms with E-state index >= 15 is 0 Å². The standard InChI is InChI=1S/C13H16/c1-11-9-7-5-4-6-8-10-12(2)13(11)3/h4-10H,1-3H3. The van der Waals surface area contributed by atoms with E-state index in [9.17, 15) is 0 Å². The van der Waals surface area contributed by atoms with E-state index in [0.717, 1.165) is 0 Å². The van der Waals surface area contributed by atoms with Gasteiger partial charge in [0, 0.05) is 0 Å². The van der Waals surface area contributed by atoms with Crippen LogP contribution in [-0.4, -0.2) is 0 Å². The molecule has 1 aromatic carbocycles. The second kappa shape index (κ2) is 4.66. The Morgan fingerprint density at radius 1 is 0.615 bits per heavy atom. The molecule has 1 rings (SSSR count). The molecule has 0 radical (unpaired) electrons. The molecule has 0 spiro atoms. The van der Waals surface area contributed by atoms with Gasteiger partial charge in [-0.05, 0) is 37.5 Å². The highest BCUT2D eigenvalue weighted by molar-refractivity contribution is 5.28. The maximum absolute atomic E-state index is 2.16. The highest BCUT2D eigenvalue weighted by atomic mass is 13.9. The van der Waals surface area contributed by atoms with Crippen LogP contribution in [0.3, 0.4) is 0 Å². The van der Waals surface area contributed by atoms with E-state index in [0.29, 0.717) is 0 Å². The predicted molar refractivity (Wildman–Crippen MR) is 58.3 cm³/mol. The first-order chi connectivity index (χ1) is 6.22. The number of hydrogen-bond donors (Lipinski definition) is 0. The van der Waals surface area contributed by atoms with Gasteiger partial charge in [-0.1, -0.05) is 42.5 Å². The van der Waals surface area contributed by atoms with Crippen molar-refractivity contribution in [1.29, 1.82) is 0 Å². The lowest BCUT2D eigenvalue weighted by Gasteiger charge is -1.97. The highest BCUT2D eigenvalue weighted by Crippen LogP contribution is 2.07. The molecule has 0 nitrogen and oxygen atoms in total. The van der Waals surface area contributed by atoms with Crippen LogP contribution < -0.4 is 0 Å². The first-order valence-electron chi connectivity index (χ1n) is 4.58. The van der Waals surface area contributed by atoms with Crippen molar-refractivity contribution in [3.63, 3.8) is 0 Å². The molecule has 0 amide bonds. The first-order valence-corrected chi connectivity index (χ1v) is 4.58. The summed E-state index contributed by atoms with van der Waals surface area (Å²) in [4.78, 5) is 0. The van der Waals surface area contributed by atoms with Gasteiger partial charge in [-0.25, -0.2) is 0 Å². The van der Waals surface area contributed by atoms with Gasteiger partial charge in [-0.2, -0.15) is 0 Å². The van der Waals surface area contributed by atoms with Gasteiger partial charge in [0.25, 0.3) is 0 Å². The quantitative estimate of drug-likeness (QED) is 0.559. The molecule has 0 saturated heterocycles. The van der Waals surface area contributed by atoms with E-state index < -0.39 is 0 Å². The van der Waals surface area contributed by atoms with Crippen molar-refractivity contribution in [2.75, 3.05) is 0 Å². The molecule has 0 unspecified atom stereocenters. The van der Waals surface area contributed by atoms with Crippen molar-refractivity contribution >= 4 is 0 Å². The zero-order valence-corrected chi connectivity index (χ0v) is 8.54. The summed E-state index contributed by atoms with van der Waals surface area (Å²) in [7, 11) is 0. The van der Waals surface area contributed by atoms with Gasteiger partial charge in [0.15, 0.2) is 0 Å². The summed E-state index contributed by atoms with van der Waals surface area (Å²) in [5.74, 6) is 0. The van der Waals surface area contributed by atoms with Gasteiger partial charge in [-0.3, -0.25) is 0 Å². The molecule has 0 aliphatic heterocycles. The van der Waals surface area contributed by atoms with E-state index in [1.165, 1.54) is 16.7 Å². The van der Waals surface area contributed by atoms with Crippen molar-refractivity contribution in [2.45, 2.75) is 20.8 Å². The number of hydrogen-bond acceptors (Lipinski definition) is 0. The average molecular weight is 172 g/mol. The summed E-state index contributed by atoms with van der Waals surface area (Å²) in [5.41, 5.74) is 4.01. The molecule has 0 aliphatic rings. The topological polar surface area (TPSA) is 0 Å². The van der Waals surface area contributed by atoms with E-state index in [1.807, 2.05) is 18.2 Å². The Morgan fingerprint density at radius 3 is 1.46 bits per heavy atom. The first kappa shape index (κ1) is 9.79. The predicted octanol–water partition coefficient (Wildman–Crippen LogP) is 3.74. The lowest BCUT2D eigenvalue weighted by molar-refractivity contribution is 1.29. The third-order valence-corrected chi connectivity index (χ3v) is 2.32. The Labute approximate surface area is 80.6 Å². The molecule has 1 aromatic rings. The Kier molecular flexibility index (Phi) is 3.51. The molecule has 0 saturated carbocycles. The third kappa shape index (κ3) is 2.90. The molecular weight excluding hydrogens is 156 g/mol. The van der Waals surface area contributed by atoms with E-state index in [4.69, 9.17) is 0 Å². The smallest absolute Gasteiger partial charge is 0.0392 e. The fourth-order valence-corrected chi connectivity index (χ4v) is 1.15. The minimum absolute atomic E-state index is 1.33. The monoisotopic (exact) mass is 172 g/mol. The van der Waals surface area contributed by atoms with Crippen molar-refractivity contribution in [3.8, 4) is 0 Å². The Bertz CT molecular complexity index is 305. The van der Waals surface area contributed by atoms with Crippen molar-refractivity contribution in [2.24, 2.45) is 0 Å². The molecule has 0 bridgehead atoms. The second-order valence-corrected chi connectivity index (χ2v) is 3.29. The Morgan fingerprint density at radius 2 is 1.00 bits per heavy atom. The molecule has 0 atom stereocenters. The summed E-state index contributed by atoms with van der Waals surface area (Å²) >= 11 is 0. The molecule has 0 aliphatic carbocycles. The van der Waals surface area contributed by atoms with E-state index in [2.05, 4.69) is 45.0 Å². The molecule has 0 N–H and O–H groups in total. The zero-order chi connectivity index (χ0) is 9.68. The lowest BCUT2D eigenvalue weighted by Crippen LogP contribution is -1.79. The SMILES string of the molecule is Cc1cccccccc(C)c1C. The van der Waals surface area contributed by atoms with Crippen molar-refractivity contribution in [3.05, 3.63) is 59.2 Å². The van der Waals surface area contributed by atoms with Crippen molar-refractivity contribution in [1.82, 2.24) is 0 Å². The second-order valence-electron chi connectivity index (χ2n) is 3.29. The van der Waals surface area contributed by atoms with Crippen LogP contribution in [0.25, 0.3) is 0 Å². The highest BCUT2D eigenvalue weighted by Gasteiger charge is 1.89. The fraction of sp³-hybridized carbons (Fsp3) is 0.231. The van der Waals surface area contributed by atoms with Crippen LogP contribution in [0, 0.1) is 20.8 Å². The van der Waals surface area contributed by atoms with E-state index in [-0.39, 0.29) is 0 Å². The molecule has 0 heterocycles. The van der Waals surface area contributed by atoms with Gasteiger partial charge in [0.05, 0.1) is 0 Å². The lowest BCUT2D eigenvalue weighted by atomic mass is 10.1. The van der Waals surface area contributed by atoms with Crippen LogP contribution in [0.5, 0.6) is 0 Å². The normalized spacial score (nSPS) is 9.15. The van der Waals surface area contributed by atoms with Crippen LogP contribution in [0.1, 0.15) is 16.7 Å². The average Bonchev–Trinajstić information content (AvgIpc) is 2.13. The molecule has 0 fully saturated rings. The summed E-state index contributed by atoms with van der Waals surface area (Å²) in [5, 5.41) is 0. The largest absolute Gasteiger partial charge is 0.0623 e. The summed E-state index contributed by atoms with van der Waals surface area (Å²) < 4.78 is 0. The third-order valence-electron chi connectivity index (χ3n) is 2.32. The summed E-state index contributed by atoms with van der Waals surface area (Å²) in [6.45, 7) is 6.44. The van der Waals surface area contributed by atoms with E-state index in [1.54, 1.807) is 0 Å². The minimum atomic E-state index is 1.33. The maximum Gasteiger partial charge on any atom is -0.0392 e. The molecule has 13 heavy (non-hydrogen) atoms. The van der Waals surface area contributed by atoms with Gasteiger partial charge < -0.3 is 0 Å². The van der Waals surface area contributed by atoms with Gasteiger partial charge in [0.2, 0.25) is 0 Å². The summed E-state index contributed by atoms with van der Waals surface area (Å²) in [6.07, 6.45) is 0. The fourth-order valence-electron chi connectivity index (χ4n) is 1.15. The van der Waals surface area contributed by atoms with Crippen LogP contribution in [0.4, 0.5) is 0 Å². The van der Waals surface area contributed by atoms with Crippen LogP contribution in [0.2, 0.25) is 0 Å². The van der Waals surface area contributed by atoms with Crippen LogP contribution >= 0.6 is 0 Å². The molecular formula is C13H16. The molecule has 0 aromatic heterocycles. The minimum Gasteiger partial charge on any atom is -0.0623 e. The Hall–Kier alpha value is -1.30. The van der Waals surface area contributed by atoms with Gasteiger partial charge in [-0.15, -0.1) is 0 Å². The Balaban J connectivity index is 3.40.